The number of alkyl halides is 1. The maximum absolute atomic E-state index is 11.9. The number of halogens is 1. The van der Waals surface area contributed by atoms with Crippen LogP contribution in [0.15, 0.2) is 24.3 Å². The molecule has 0 saturated heterocycles. The SMILES string of the molecule is CCc1ccc(C(=O)N[C@@H](C)C(=O)NCCF)cc1. The van der Waals surface area contributed by atoms with Gasteiger partial charge in [-0.3, -0.25) is 9.59 Å². The highest BCUT2D eigenvalue weighted by Crippen LogP contribution is 2.05. The third kappa shape index (κ3) is 4.69. The van der Waals surface area contributed by atoms with Gasteiger partial charge in [0.2, 0.25) is 5.91 Å². The lowest BCUT2D eigenvalue weighted by Gasteiger charge is -2.13. The minimum atomic E-state index is -0.690. The fraction of sp³-hybridized carbons (Fsp3) is 0.429. The van der Waals surface area contributed by atoms with E-state index in [9.17, 15) is 14.0 Å². The van der Waals surface area contributed by atoms with Crippen molar-refractivity contribution in [3.63, 3.8) is 0 Å². The second-order valence-electron chi connectivity index (χ2n) is 4.23. The number of nitrogens with one attached hydrogen (secondary N) is 2. The Morgan fingerprint density at radius 1 is 1.26 bits per heavy atom. The van der Waals surface area contributed by atoms with Crippen LogP contribution in [0, 0.1) is 0 Å². The van der Waals surface area contributed by atoms with E-state index in [0.717, 1.165) is 12.0 Å². The van der Waals surface area contributed by atoms with Gasteiger partial charge in [0, 0.05) is 12.1 Å². The van der Waals surface area contributed by atoms with Crippen LogP contribution >= 0.6 is 0 Å². The van der Waals surface area contributed by atoms with E-state index in [2.05, 4.69) is 10.6 Å². The molecule has 0 bridgehead atoms. The molecule has 2 N–H and O–H groups in total. The highest BCUT2D eigenvalue weighted by molar-refractivity contribution is 5.97. The number of amides is 2. The molecule has 0 saturated carbocycles. The summed E-state index contributed by atoms with van der Waals surface area (Å²) >= 11 is 0. The van der Waals surface area contributed by atoms with E-state index >= 15 is 0 Å². The van der Waals surface area contributed by atoms with Crippen molar-refractivity contribution < 1.29 is 14.0 Å². The average Bonchev–Trinajstić information content (AvgIpc) is 2.44. The van der Waals surface area contributed by atoms with Crippen molar-refractivity contribution in [3.8, 4) is 0 Å². The van der Waals surface area contributed by atoms with Gasteiger partial charge in [0.15, 0.2) is 0 Å². The molecule has 0 unspecified atom stereocenters. The van der Waals surface area contributed by atoms with Gasteiger partial charge in [0.05, 0.1) is 0 Å². The first-order chi connectivity index (χ1) is 9.08. The predicted octanol–water partition coefficient (Wildman–Crippen LogP) is 1.45. The van der Waals surface area contributed by atoms with Crippen LogP contribution in [-0.4, -0.2) is 31.1 Å². The minimum Gasteiger partial charge on any atom is -0.352 e. The molecule has 1 atom stereocenters. The van der Waals surface area contributed by atoms with E-state index in [0.29, 0.717) is 5.56 Å². The number of carbonyl (C=O) groups is 2. The van der Waals surface area contributed by atoms with Crippen molar-refractivity contribution in [2.45, 2.75) is 26.3 Å². The lowest BCUT2D eigenvalue weighted by atomic mass is 10.1. The van der Waals surface area contributed by atoms with E-state index in [1.807, 2.05) is 19.1 Å². The Kier molecular flexibility index (Phi) is 5.99. The molecule has 1 aromatic rings. The minimum absolute atomic E-state index is 0.0375. The first kappa shape index (κ1) is 15.1. The lowest BCUT2D eigenvalue weighted by Crippen LogP contribution is -2.45. The smallest absolute Gasteiger partial charge is 0.251 e. The normalized spacial score (nSPS) is 11.7. The summed E-state index contributed by atoms with van der Waals surface area (Å²) in [6, 6.07) is 6.51. The number of carbonyl (C=O) groups excluding carboxylic acids is 2. The summed E-state index contributed by atoms with van der Waals surface area (Å²) in [6.07, 6.45) is 0.907. The molecule has 4 nitrogen and oxygen atoms in total. The van der Waals surface area contributed by atoms with Crippen molar-refractivity contribution in [3.05, 3.63) is 35.4 Å². The monoisotopic (exact) mass is 266 g/mol. The molecule has 0 aliphatic heterocycles. The van der Waals surface area contributed by atoms with Crippen LogP contribution in [0.4, 0.5) is 4.39 Å². The predicted molar refractivity (Wildman–Crippen MR) is 71.7 cm³/mol. The van der Waals surface area contributed by atoms with Gasteiger partial charge in [0.1, 0.15) is 12.7 Å². The summed E-state index contributed by atoms with van der Waals surface area (Å²) in [7, 11) is 0. The van der Waals surface area contributed by atoms with Crippen LogP contribution < -0.4 is 10.6 Å². The molecular weight excluding hydrogens is 247 g/mol. The molecule has 2 amide bonds. The third-order valence-electron chi connectivity index (χ3n) is 2.76. The molecule has 104 valence electrons. The zero-order chi connectivity index (χ0) is 14.3. The summed E-state index contributed by atoms with van der Waals surface area (Å²) in [5.74, 6) is -0.707. The molecular formula is C14H19FN2O2. The van der Waals surface area contributed by atoms with Crippen molar-refractivity contribution >= 4 is 11.8 Å². The van der Waals surface area contributed by atoms with Gasteiger partial charge in [0.25, 0.3) is 5.91 Å². The van der Waals surface area contributed by atoms with Gasteiger partial charge >= 0.3 is 0 Å². The van der Waals surface area contributed by atoms with Gasteiger partial charge in [-0.1, -0.05) is 19.1 Å². The van der Waals surface area contributed by atoms with E-state index in [-0.39, 0.29) is 12.5 Å². The summed E-state index contributed by atoms with van der Waals surface area (Å²) in [5, 5.41) is 4.95. The van der Waals surface area contributed by atoms with Crippen molar-refractivity contribution in [1.29, 1.82) is 0 Å². The number of benzene rings is 1. The number of rotatable bonds is 6. The van der Waals surface area contributed by atoms with Gasteiger partial charge in [-0.15, -0.1) is 0 Å². The Balaban J connectivity index is 2.55. The molecule has 19 heavy (non-hydrogen) atoms. The molecule has 0 aliphatic rings. The molecule has 0 radical (unpaired) electrons. The first-order valence-electron chi connectivity index (χ1n) is 6.32. The first-order valence-corrected chi connectivity index (χ1v) is 6.32. The fourth-order valence-corrected chi connectivity index (χ4v) is 1.56. The van der Waals surface area contributed by atoms with Crippen LogP contribution in [0.5, 0.6) is 0 Å². The molecule has 0 aliphatic carbocycles. The summed E-state index contributed by atoms with van der Waals surface area (Å²) in [6.45, 7) is 2.94. The molecule has 5 heteroatoms. The van der Waals surface area contributed by atoms with E-state index in [1.165, 1.54) is 0 Å². The van der Waals surface area contributed by atoms with Gasteiger partial charge in [-0.05, 0) is 31.0 Å². The van der Waals surface area contributed by atoms with Crippen LogP contribution in [0.25, 0.3) is 0 Å². The molecule has 1 aromatic carbocycles. The highest BCUT2D eigenvalue weighted by atomic mass is 19.1. The topological polar surface area (TPSA) is 58.2 Å². The fourth-order valence-electron chi connectivity index (χ4n) is 1.56. The summed E-state index contributed by atoms with van der Waals surface area (Å²) in [5.41, 5.74) is 1.65. The Hall–Kier alpha value is -1.91. The van der Waals surface area contributed by atoms with E-state index in [1.54, 1.807) is 19.1 Å². The highest BCUT2D eigenvalue weighted by Gasteiger charge is 2.15. The Morgan fingerprint density at radius 2 is 1.89 bits per heavy atom. The average molecular weight is 266 g/mol. The maximum atomic E-state index is 11.9. The van der Waals surface area contributed by atoms with Crippen molar-refractivity contribution in [2.24, 2.45) is 0 Å². The van der Waals surface area contributed by atoms with Gasteiger partial charge < -0.3 is 10.6 Å². The summed E-state index contributed by atoms with van der Waals surface area (Å²) < 4.78 is 11.9. The number of aryl methyl sites for hydroxylation is 1. The van der Waals surface area contributed by atoms with E-state index in [4.69, 9.17) is 0 Å². The van der Waals surface area contributed by atoms with Crippen LogP contribution in [0.2, 0.25) is 0 Å². The Labute approximate surface area is 112 Å². The zero-order valence-corrected chi connectivity index (χ0v) is 11.2. The third-order valence-corrected chi connectivity index (χ3v) is 2.76. The molecule has 1 rings (SSSR count). The quantitative estimate of drug-likeness (QED) is 0.819. The molecule has 0 heterocycles. The second kappa shape index (κ2) is 7.51. The van der Waals surface area contributed by atoms with Gasteiger partial charge in [-0.25, -0.2) is 4.39 Å². The zero-order valence-electron chi connectivity index (χ0n) is 11.2. The lowest BCUT2D eigenvalue weighted by molar-refractivity contribution is -0.122. The number of hydrogen-bond donors (Lipinski definition) is 2. The maximum Gasteiger partial charge on any atom is 0.251 e. The van der Waals surface area contributed by atoms with Crippen LogP contribution in [0.3, 0.4) is 0 Å². The van der Waals surface area contributed by atoms with Gasteiger partial charge in [-0.2, -0.15) is 0 Å². The standard InChI is InChI=1S/C14H19FN2O2/c1-3-11-4-6-12(7-5-11)14(19)17-10(2)13(18)16-9-8-15/h4-7,10H,3,8-9H2,1-2H3,(H,16,18)(H,17,19)/t10-/m0/s1. The summed E-state index contributed by atoms with van der Waals surface area (Å²) in [4.78, 5) is 23.3. The van der Waals surface area contributed by atoms with Crippen LogP contribution in [0.1, 0.15) is 29.8 Å². The second-order valence-corrected chi connectivity index (χ2v) is 4.23. The van der Waals surface area contributed by atoms with Crippen molar-refractivity contribution in [1.82, 2.24) is 10.6 Å². The molecule has 0 spiro atoms. The largest absolute Gasteiger partial charge is 0.352 e. The Morgan fingerprint density at radius 3 is 2.42 bits per heavy atom. The van der Waals surface area contributed by atoms with E-state index < -0.39 is 18.6 Å². The Bertz CT molecular complexity index is 432. The number of hydrogen-bond acceptors (Lipinski definition) is 2. The van der Waals surface area contributed by atoms with Crippen molar-refractivity contribution in [2.75, 3.05) is 13.2 Å². The van der Waals surface area contributed by atoms with Crippen LogP contribution in [-0.2, 0) is 11.2 Å². The molecule has 0 aromatic heterocycles. The molecule has 0 fully saturated rings.